The van der Waals surface area contributed by atoms with E-state index in [1.165, 1.54) is 25.3 Å². The van der Waals surface area contributed by atoms with E-state index >= 15 is 0 Å². The van der Waals surface area contributed by atoms with E-state index in [1.807, 2.05) is 0 Å². The van der Waals surface area contributed by atoms with Crippen LogP contribution in [0.1, 0.15) is 21.8 Å². The number of anilines is 1. The SMILES string of the molecule is COc1ccc(C(=O)NCc2nnc(SCC(=O)Nc3ccccc3C(F)(F)F)o2)cc1. The number of nitrogens with one attached hydrogen (secondary N) is 2. The number of ether oxygens (including phenoxy) is 1. The second-order valence-electron chi connectivity index (χ2n) is 6.25. The topological polar surface area (TPSA) is 106 Å². The molecule has 2 aromatic carbocycles. The standard InChI is InChI=1S/C20H17F3N4O4S/c1-30-13-8-6-12(7-9-13)18(29)24-10-17-26-27-19(31-17)32-11-16(28)25-15-5-3-2-4-14(15)20(21,22)23/h2-9H,10-11H2,1H3,(H,24,29)(H,25,28). The minimum Gasteiger partial charge on any atom is -0.497 e. The van der Waals surface area contributed by atoms with Crippen molar-refractivity contribution >= 4 is 29.3 Å². The summed E-state index contributed by atoms with van der Waals surface area (Å²) in [5, 5.41) is 12.4. The number of halogens is 3. The summed E-state index contributed by atoms with van der Waals surface area (Å²) in [6.07, 6.45) is -4.59. The number of methoxy groups -OCH3 is 1. The first kappa shape index (κ1) is 23.1. The summed E-state index contributed by atoms with van der Waals surface area (Å²) in [5.74, 6) is -0.545. The summed E-state index contributed by atoms with van der Waals surface area (Å²) >= 11 is 0.857. The molecule has 1 aromatic heterocycles. The number of carbonyl (C=O) groups excluding carboxylic acids is 2. The fourth-order valence-electron chi connectivity index (χ4n) is 2.52. The van der Waals surface area contributed by atoms with Gasteiger partial charge in [0, 0.05) is 5.56 Å². The summed E-state index contributed by atoms with van der Waals surface area (Å²) in [6.45, 7) is -0.0381. The van der Waals surface area contributed by atoms with Gasteiger partial charge >= 0.3 is 6.18 Å². The fourth-order valence-corrected chi connectivity index (χ4v) is 3.10. The molecule has 0 aliphatic carbocycles. The van der Waals surface area contributed by atoms with E-state index in [-0.39, 0.29) is 35.0 Å². The van der Waals surface area contributed by atoms with Crippen molar-refractivity contribution in [2.45, 2.75) is 17.9 Å². The lowest BCUT2D eigenvalue weighted by atomic mass is 10.1. The molecular formula is C20H17F3N4O4S. The van der Waals surface area contributed by atoms with E-state index in [0.717, 1.165) is 17.8 Å². The molecule has 0 radical (unpaired) electrons. The van der Waals surface area contributed by atoms with Crippen LogP contribution >= 0.6 is 11.8 Å². The molecule has 8 nitrogen and oxygen atoms in total. The van der Waals surface area contributed by atoms with Gasteiger partial charge in [0.15, 0.2) is 0 Å². The van der Waals surface area contributed by atoms with E-state index in [2.05, 4.69) is 20.8 Å². The van der Waals surface area contributed by atoms with Crippen molar-refractivity contribution < 1.29 is 31.9 Å². The molecule has 0 bridgehead atoms. The van der Waals surface area contributed by atoms with E-state index in [1.54, 1.807) is 24.3 Å². The van der Waals surface area contributed by atoms with Gasteiger partial charge in [-0.3, -0.25) is 9.59 Å². The molecule has 0 aliphatic heterocycles. The van der Waals surface area contributed by atoms with Gasteiger partial charge in [0.2, 0.25) is 11.8 Å². The molecule has 168 valence electrons. The number of hydrogen-bond donors (Lipinski definition) is 2. The van der Waals surface area contributed by atoms with Crippen LogP contribution in [0.15, 0.2) is 58.2 Å². The maximum Gasteiger partial charge on any atom is 0.418 e. The maximum atomic E-state index is 13.0. The molecule has 12 heteroatoms. The highest BCUT2D eigenvalue weighted by Gasteiger charge is 2.33. The molecule has 2 amide bonds. The van der Waals surface area contributed by atoms with Crippen LogP contribution in [0.5, 0.6) is 5.75 Å². The van der Waals surface area contributed by atoms with E-state index in [9.17, 15) is 22.8 Å². The van der Waals surface area contributed by atoms with Crippen molar-refractivity contribution in [3.8, 4) is 5.75 Å². The number of hydrogen-bond acceptors (Lipinski definition) is 7. The number of amides is 2. The van der Waals surface area contributed by atoms with Gasteiger partial charge in [-0.25, -0.2) is 0 Å². The van der Waals surface area contributed by atoms with Crippen molar-refractivity contribution in [3.05, 3.63) is 65.5 Å². The molecule has 0 atom stereocenters. The van der Waals surface area contributed by atoms with Crippen LogP contribution < -0.4 is 15.4 Å². The van der Waals surface area contributed by atoms with Crippen LogP contribution in [-0.2, 0) is 17.5 Å². The molecule has 3 aromatic rings. The van der Waals surface area contributed by atoms with E-state index < -0.39 is 17.6 Å². The quantitative estimate of drug-likeness (QED) is 0.487. The molecule has 2 N–H and O–H groups in total. The molecule has 1 heterocycles. The lowest BCUT2D eigenvalue weighted by molar-refractivity contribution is -0.137. The Morgan fingerprint density at radius 2 is 1.81 bits per heavy atom. The minimum absolute atomic E-state index is 0.0381. The van der Waals surface area contributed by atoms with Gasteiger partial charge in [-0.15, -0.1) is 10.2 Å². The lowest BCUT2D eigenvalue weighted by Crippen LogP contribution is -2.22. The number of thioether (sulfide) groups is 1. The Hall–Kier alpha value is -3.54. The zero-order valence-electron chi connectivity index (χ0n) is 16.6. The normalized spacial score (nSPS) is 11.1. The molecule has 3 rings (SSSR count). The first-order valence-corrected chi connectivity index (χ1v) is 10.1. The van der Waals surface area contributed by atoms with Crippen molar-refractivity contribution in [3.63, 3.8) is 0 Å². The first-order chi connectivity index (χ1) is 15.3. The fraction of sp³-hybridized carbons (Fsp3) is 0.200. The Morgan fingerprint density at radius 3 is 2.50 bits per heavy atom. The van der Waals surface area contributed by atoms with Crippen LogP contribution in [0.3, 0.4) is 0 Å². The average Bonchev–Trinajstić information content (AvgIpc) is 3.23. The third-order valence-electron chi connectivity index (χ3n) is 4.03. The van der Waals surface area contributed by atoms with Gasteiger partial charge in [-0.05, 0) is 36.4 Å². The second-order valence-corrected chi connectivity index (χ2v) is 7.18. The Morgan fingerprint density at radius 1 is 1.09 bits per heavy atom. The van der Waals surface area contributed by atoms with Crippen LogP contribution in [-0.4, -0.2) is 34.9 Å². The monoisotopic (exact) mass is 466 g/mol. The van der Waals surface area contributed by atoms with Crippen molar-refractivity contribution in [1.82, 2.24) is 15.5 Å². The molecule has 0 saturated carbocycles. The predicted molar refractivity (Wildman–Crippen MR) is 109 cm³/mol. The van der Waals surface area contributed by atoms with Crippen molar-refractivity contribution in [2.24, 2.45) is 0 Å². The number of aromatic nitrogens is 2. The number of carbonyl (C=O) groups is 2. The molecule has 0 saturated heterocycles. The van der Waals surface area contributed by atoms with Gasteiger partial charge in [-0.1, -0.05) is 23.9 Å². The maximum absolute atomic E-state index is 13.0. The molecular weight excluding hydrogens is 449 g/mol. The lowest BCUT2D eigenvalue weighted by Gasteiger charge is -2.13. The largest absolute Gasteiger partial charge is 0.497 e. The Bertz CT molecular complexity index is 1090. The number of para-hydroxylation sites is 1. The minimum atomic E-state index is -4.59. The molecule has 0 spiro atoms. The van der Waals surface area contributed by atoms with Crippen LogP contribution in [0.2, 0.25) is 0 Å². The van der Waals surface area contributed by atoms with Crippen molar-refractivity contribution in [2.75, 3.05) is 18.2 Å². The number of alkyl halides is 3. The highest BCUT2D eigenvalue weighted by Crippen LogP contribution is 2.34. The highest BCUT2D eigenvalue weighted by molar-refractivity contribution is 7.99. The number of benzene rings is 2. The summed E-state index contributed by atoms with van der Waals surface area (Å²) in [7, 11) is 1.52. The molecule has 32 heavy (non-hydrogen) atoms. The molecule has 0 unspecified atom stereocenters. The zero-order chi connectivity index (χ0) is 23.1. The summed E-state index contributed by atoms with van der Waals surface area (Å²) in [4.78, 5) is 24.2. The van der Waals surface area contributed by atoms with Gasteiger partial charge in [0.25, 0.3) is 11.1 Å². The first-order valence-electron chi connectivity index (χ1n) is 9.10. The predicted octanol–water partition coefficient (Wildman–Crippen LogP) is 3.76. The Balaban J connectivity index is 1.49. The summed E-state index contributed by atoms with van der Waals surface area (Å²) < 4.78 is 49.4. The smallest absolute Gasteiger partial charge is 0.418 e. The van der Waals surface area contributed by atoms with Crippen LogP contribution in [0.4, 0.5) is 18.9 Å². The third kappa shape index (κ3) is 6.23. The molecule has 0 fully saturated rings. The number of rotatable bonds is 8. The Labute approximate surface area is 184 Å². The van der Waals surface area contributed by atoms with Crippen LogP contribution in [0, 0.1) is 0 Å². The third-order valence-corrected chi connectivity index (χ3v) is 4.85. The van der Waals surface area contributed by atoms with E-state index in [4.69, 9.17) is 9.15 Å². The highest BCUT2D eigenvalue weighted by atomic mass is 32.2. The van der Waals surface area contributed by atoms with Gasteiger partial charge in [0.1, 0.15) is 5.75 Å². The second kappa shape index (κ2) is 10.2. The van der Waals surface area contributed by atoms with Gasteiger partial charge in [0.05, 0.1) is 30.7 Å². The van der Waals surface area contributed by atoms with Gasteiger partial charge < -0.3 is 19.8 Å². The zero-order valence-corrected chi connectivity index (χ0v) is 17.4. The van der Waals surface area contributed by atoms with E-state index in [0.29, 0.717) is 11.3 Å². The summed E-state index contributed by atoms with van der Waals surface area (Å²) in [5.41, 5.74) is -0.861. The number of nitrogens with zero attached hydrogens (tertiary/aromatic N) is 2. The average molecular weight is 466 g/mol. The van der Waals surface area contributed by atoms with Crippen LogP contribution in [0.25, 0.3) is 0 Å². The van der Waals surface area contributed by atoms with Crippen molar-refractivity contribution in [1.29, 1.82) is 0 Å². The summed E-state index contributed by atoms with van der Waals surface area (Å²) in [6, 6.07) is 11.2. The Kier molecular flexibility index (Phi) is 7.36. The van der Waals surface area contributed by atoms with Gasteiger partial charge in [-0.2, -0.15) is 13.2 Å². The molecule has 0 aliphatic rings.